The van der Waals surface area contributed by atoms with Gasteiger partial charge in [-0.15, -0.1) is 0 Å². The normalized spacial score (nSPS) is 15.7. The first kappa shape index (κ1) is 17.5. The molecule has 3 aromatic rings. The zero-order valence-electron chi connectivity index (χ0n) is 16.5. The highest BCUT2D eigenvalue weighted by Gasteiger charge is 2.43. The first-order chi connectivity index (χ1) is 12.8. The fourth-order valence-corrected chi connectivity index (χ4v) is 4.20. The number of aryl methyl sites for hydroxylation is 2. The van der Waals surface area contributed by atoms with Gasteiger partial charge in [0.05, 0.1) is 5.41 Å². The molecule has 0 fully saturated rings. The predicted molar refractivity (Wildman–Crippen MR) is 112 cm³/mol. The Balaban J connectivity index is 1.81. The van der Waals surface area contributed by atoms with Crippen molar-refractivity contribution in [1.29, 1.82) is 0 Å². The monoisotopic (exact) mass is 357 g/mol. The Morgan fingerprint density at radius 1 is 1.00 bits per heavy atom. The van der Waals surface area contributed by atoms with Gasteiger partial charge in [-0.3, -0.25) is 0 Å². The van der Waals surface area contributed by atoms with Crippen molar-refractivity contribution >= 4 is 28.4 Å². The summed E-state index contributed by atoms with van der Waals surface area (Å²) in [7, 11) is 2.12. The van der Waals surface area contributed by atoms with Gasteiger partial charge in [-0.2, -0.15) is 4.58 Å². The molecule has 4 rings (SSSR count). The number of phenolic OH excluding ortho intramolecular Hbond substituents is 1. The van der Waals surface area contributed by atoms with Gasteiger partial charge in [-0.25, -0.2) is 4.98 Å². The third-order valence-electron chi connectivity index (χ3n) is 5.67. The molecule has 2 heterocycles. The summed E-state index contributed by atoms with van der Waals surface area (Å²) in [6, 6.07) is 14.4. The fraction of sp³-hybridized carbons (Fsp3) is 0.250. The van der Waals surface area contributed by atoms with Crippen molar-refractivity contribution in [2.75, 3.05) is 7.05 Å². The number of nitrogens with zero attached hydrogens (tertiary/aromatic N) is 2. The van der Waals surface area contributed by atoms with Crippen LogP contribution in [0.3, 0.4) is 0 Å². The molecule has 0 atom stereocenters. The first-order valence-electron chi connectivity index (χ1n) is 9.29. The number of phenols is 1. The van der Waals surface area contributed by atoms with Gasteiger partial charge >= 0.3 is 0 Å². The van der Waals surface area contributed by atoms with Gasteiger partial charge in [-0.05, 0) is 39.8 Å². The van der Waals surface area contributed by atoms with Crippen LogP contribution in [0.25, 0.3) is 17.0 Å². The number of rotatable bonds is 2. The molecule has 1 aromatic heterocycles. The van der Waals surface area contributed by atoms with Crippen LogP contribution in [-0.2, 0) is 5.41 Å². The predicted octanol–water partition coefficient (Wildman–Crippen LogP) is 5.28. The standard InChI is InChI=1S/C24H24N2O/c1-15-7-6-8-19-22(15)26(5)20(24(19,3)4)14-13-18-12-11-17-10-9-16(2)25-21(17)23(18)27/h6-14H,1-5H3/p+1. The third-order valence-corrected chi connectivity index (χ3v) is 5.67. The quantitative estimate of drug-likeness (QED) is 0.634. The number of pyridine rings is 1. The average molecular weight is 357 g/mol. The lowest BCUT2D eigenvalue weighted by molar-refractivity contribution is -0.402. The molecule has 0 radical (unpaired) electrons. The number of hydrogen-bond donors (Lipinski definition) is 1. The number of benzene rings is 2. The van der Waals surface area contributed by atoms with E-state index in [1.165, 1.54) is 22.5 Å². The number of fused-ring (bicyclic) bond motifs is 2. The Morgan fingerprint density at radius 2 is 1.74 bits per heavy atom. The largest absolute Gasteiger partial charge is 0.505 e. The van der Waals surface area contributed by atoms with Crippen LogP contribution in [0, 0.1) is 13.8 Å². The minimum absolute atomic E-state index is 0.0894. The van der Waals surface area contributed by atoms with E-state index in [-0.39, 0.29) is 11.2 Å². The van der Waals surface area contributed by atoms with Crippen molar-refractivity contribution in [2.24, 2.45) is 0 Å². The van der Waals surface area contributed by atoms with E-state index in [1.807, 2.05) is 37.3 Å². The Labute approximate surface area is 160 Å². The minimum Gasteiger partial charge on any atom is -0.505 e. The molecule has 0 aliphatic carbocycles. The fourth-order valence-electron chi connectivity index (χ4n) is 4.20. The zero-order valence-corrected chi connectivity index (χ0v) is 16.5. The molecule has 1 N–H and O–H groups in total. The van der Waals surface area contributed by atoms with Crippen LogP contribution >= 0.6 is 0 Å². The smallest absolute Gasteiger partial charge is 0.212 e. The summed E-state index contributed by atoms with van der Waals surface area (Å²) >= 11 is 0. The number of hydrogen-bond acceptors (Lipinski definition) is 2. The third kappa shape index (κ3) is 2.66. The van der Waals surface area contributed by atoms with Crippen molar-refractivity contribution < 1.29 is 9.68 Å². The van der Waals surface area contributed by atoms with Gasteiger partial charge < -0.3 is 5.11 Å². The molecule has 3 heteroatoms. The van der Waals surface area contributed by atoms with E-state index in [1.54, 1.807) is 0 Å². The zero-order chi connectivity index (χ0) is 19.3. The number of aromatic nitrogens is 1. The van der Waals surface area contributed by atoms with Crippen molar-refractivity contribution in [1.82, 2.24) is 4.98 Å². The Morgan fingerprint density at radius 3 is 2.48 bits per heavy atom. The summed E-state index contributed by atoms with van der Waals surface area (Å²) in [5.74, 6) is 0.236. The lowest BCUT2D eigenvalue weighted by Crippen LogP contribution is -2.26. The highest BCUT2D eigenvalue weighted by Crippen LogP contribution is 2.41. The van der Waals surface area contributed by atoms with Gasteiger partial charge in [0.1, 0.15) is 18.3 Å². The molecule has 2 aromatic carbocycles. The van der Waals surface area contributed by atoms with Gasteiger partial charge in [0.2, 0.25) is 5.69 Å². The molecule has 136 valence electrons. The Hall–Kier alpha value is -2.94. The molecular formula is C24H25N2O+. The van der Waals surface area contributed by atoms with Gasteiger partial charge in [-0.1, -0.05) is 36.4 Å². The summed E-state index contributed by atoms with van der Waals surface area (Å²) in [6.07, 6.45) is 4.11. The lowest BCUT2D eigenvalue weighted by Gasteiger charge is -2.15. The Bertz CT molecular complexity index is 1140. The topological polar surface area (TPSA) is 36.1 Å². The van der Waals surface area contributed by atoms with Crippen molar-refractivity contribution in [3.8, 4) is 5.75 Å². The highest BCUT2D eigenvalue weighted by molar-refractivity contribution is 6.06. The molecule has 1 aliphatic rings. The van der Waals surface area contributed by atoms with E-state index in [0.29, 0.717) is 5.52 Å². The highest BCUT2D eigenvalue weighted by atomic mass is 16.3. The van der Waals surface area contributed by atoms with E-state index in [2.05, 4.69) is 61.7 Å². The molecule has 0 unspecified atom stereocenters. The van der Waals surface area contributed by atoms with Crippen LogP contribution in [0.5, 0.6) is 5.75 Å². The van der Waals surface area contributed by atoms with Crippen molar-refractivity contribution in [3.63, 3.8) is 0 Å². The van der Waals surface area contributed by atoms with E-state index >= 15 is 0 Å². The van der Waals surface area contributed by atoms with E-state index in [0.717, 1.165) is 16.6 Å². The molecule has 0 saturated heterocycles. The number of para-hydroxylation sites is 1. The van der Waals surface area contributed by atoms with Gasteiger partial charge in [0.15, 0.2) is 5.71 Å². The lowest BCUT2D eigenvalue weighted by atomic mass is 9.81. The number of allylic oxidation sites excluding steroid dienone is 1. The van der Waals surface area contributed by atoms with Gasteiger partial charge in [0, 0.05) is 33.8 Å². The van der Waals surface area contributed by atoms with Crippen molar-refractivity contribution in [3.05, 3.63) is 70.9 Å². The van der Waals surface area contributed by atoms with Crippen LogP contribution < -0.4 is 0 Å². The second-order valence-corrected chi connectivity index (χ2v) is 7.90. The molecule has 3 nitrogen and oxygen atoms in total. The van der Waals surface area contributed by atoms with Gasteiger partial charge in [0.25, 0.3) is 0 Å². The SMILES string of the molecule is Cc1ccc2ccc(/C=C\C3=[N+](C)c4c(C)cccc4C3(C)C)c(O)c2n1. The van der Waals surface area contributed by atoms with E-state index in [4.69, 9.17) is 0 Å². The van der Waals surface area contributed by atoms with Crippen LogP contribution in [0.2, 0.25) is 0 Å². The maximum Gasteiger partial charge on any atom is 0.212 e. The molecule has 27 heavy (non-hydrogen) atoms. The summed E-state index contributed by atoms with van der Waals surface area (Å²) in [5, 5.41) is 11.7. The maximum absolute atomic E-state index is 10.7. The van der Waals surface area contributed by atoms with Crippen molar-refractivity contribution in [2.45, 2.75) is 33.1 Å². The molecule has 0 bridgehead atoms. The summed E-state index contributed by atoms with van der Waals surface area (Å²) < 4.78 is 2.27. The molecular weight excluding hydrogens is 332 g/mol. The van der Waals surface area contributed by atoms with Crippen LogP contribution in [0.15, 0.2) is 48.5 Å². The Kier molecular flexibility index (Phi) is 3.92. The first-order valence-corrected chi connectivity index (χ1v) is 9.29. The molecule has 1 aliphatic heterocycles. The number of aromatic hydroxyl groups is 1. The maximum atomic E-state index is 10.7. The summed E-state index contributed by atoms with van der Waals surface area (Å²) in [5.41, 5.74) is 7.35. The van der Waals surface area contributed by atoms with Crippen LogP contribution in [0.1, 0.15) is 36.2 Å². The van der Waals surface area contributed by atoms with Crippen LogP contribution in [0.4, 0.5) is 5.69 Å². The molecule has 0 saturated carbocycles. The molecule has 0 amide bonds. The average Bonchev–Trinajstić information content (AvgIpc) is 2.82. The van der Waals surface area contributed by atoms with E-state index in [9.17, 15) is 5.11 Å². The summed E-state index contributed by atoms with van der Waals surface area (Å²) in [6.45, 7) is 8.59. The minimum atomic E-state index is -0.0894. The van der Waals surface area contributed by atoms with E-state index < -0.39 is 0 Å². The second kappa shape index (κ2) is 6.05. The second-order valence-electron chi connectivity index (χ2n) is 7.90. The summed E-state index contributed by atoms with van der Waals surface area (Å²) in [4.78, 5) is 4.50. The van der Waals surface area contributed by atoms with Crippen LogP contribution in [-0.4, -0.2) is 27.4 Å². The molecule has 0 spiro atoms.